The topological polar surface area (TPSA) is 64.4 Å². The van der Waals surface area contributed by atoms with E-state index < -0.39 is 0 Å². The second kappa shape index (κ2) is 4.82. The molecule has 11 heavy (non-hydrogen) atoms. The van der Waals surface area contributed by atoms with Crippen molar-refractivity contribution in [1.29, 1.82) is 0 Å². The van der Waals surface area contributed by atoms with E-state index >= 15 is 0 Å². The smallest absolute Gasteiger partial charge is 0.0647 e. The lowest BCUT2D eigenvalue weighted by Crippen LogP contribution is -2.20. The summed E-state index contributed by atoms with van der Waals surface area (Å²) in [5.74, 6) is 0. The van der Waals surface area contributed by atoms with Crippen molar-refractivity contribution in [2.45, 2.75) is 19.0 Å². The van der Waals surface area contributed by atoms with E-state index in [0.29, 0.717) is 5.70 Å². The minimum absolute atomic E-state index is 0.0660. The van der Waals surface area contributed by atoms with Crippen molar-refractivity contribution >= 4 is 6.21 Å². The number of hydrogen-bond donors (Lipinski definition) is 2. The van der Waals surface area contributed by atoms with Crippen LogP contribution in [-0.4, -0.2) is 18.3 Å². The Kier molecular flexibility index (Phi) is 4.41. The zero-order chi connectivity index (χ0) is 8.85. The first-order valence-corrected chi connectivity index (χ1v) is 3.44. The highest BCUT2D eigenvalue weighted by molar-refractivity contribution is 5.64. The largest absolute Gasteiger partial charge is 0.323 e. The lowest BCUT2D eigenvalue weighted by Gasteiger charge is -2.04. The van der Waals surface area contributed by atoms with Crippen LogP contribution < -0.4 is 11.5 Å². The average Bonchev–Trinajstić information content (AvgIpc) is 1.98. The van der Waals surface area contributed by atoms with Crippen molar-refractivity contribution < 1.29 is 0 Å². The van der Waals surface area contributed by atoms with Crippen LogP contribution in [0.15, 0.2) is 29.9 Å². The van der Waals surface area contributed by atoms with Crippen LogP contribution in [0.25, 0.3) is 0 Å². The van der Waals surface area contributed by atoms with E-state index in [2.05, 4.69) is 18.2 Å². The minimum Gasteiger partial charge on any atom is -0.323 e. The molecule has 0 fully saturated rings. The number of nitrogens with zero attached hydrogens (tertiary/aromatic N) is 1. The fourth-order valence-electron chi connectivity index (χ4n) is 0.435. The summed E-state index contributed by atoms with van der Waals surface area (Å²) in [5, 5.41) is 0. The summed E-state index contributed by atoms with van der Waals surface area (Å²) in [7, 11) is 0. The third-order valence-electron chi connectivity index (χ3n) is 1.11. The van der Waals surface area contributed by atoms with Crippen LogP contribution in [-0.2, 0) is 0 Å². The molecule has 4 N–H and O–H groups in total. The molecule has 2 atom stereocenters. The summed E-state index contributed by atoms with van der Waals surface area (Å²) < 4.78 is 0. The van der Waals surface area contributed by atoms with E-state index in [1.54, 1.807) is 12.3 Å². The van der Waals surface area contributed by atoms with E-state index in [9.17, 15) is 0 Å². The van der Waals surface area contributed by atoms with Crippen LogP contribution in [0.2, 0.25) is 0 Å². The van der Waals surface area contributed by atoms with E-state index in [4.69, 9.17) is 11.5 Å². The monoisotopic (exact) mass is 153 g/mol. The molecule has 0 heterocycles. The van der Waals surface area contributed by atoms with Gasteiger partial charge in [-0.25, -0.2) is 0 Å². The molecule has 0 radical (unpaired) electrons. The molecule has 0 bridgehead atoms. The lowest BCUT2D eigenvalue weighted by atomic mass is 10.2. The van der Waals surface area contributed by atoms with E-state index in [-0.39, 0.29) is 12.1 Å². The third kappa shape index (κ3) is 4.47. The molecule has 3 heteroatoms. The Bertz CT molecular complexity index is 170. The molecule has 1 unspecified atom stereocenters. The second-order valence-corrected chi connectivity index (χ2v) is 2.39. The number of aliphatic imine (C=N–C) groups is 1. The highest BCUT2D eigenvalue weighted by atomic mass is 14.8. The van der Waals surface area contributed by atoms with Crippen molar-refractivity contribution in [3.8, 4) is 0 Å². The molecular formula is C8H15N3. The van der Waals surface area contributed by atoms with Gasteiger partial charge < -0.3 is 11.5 Å². The Morgan fingerprint density at radius 1 is 1.55 bits per heavy atom. The van der Waals surface area contributed by atoms with Gasteiger partial charge in [0.15, 0.2) is 0 Å². The predicted octanol–water partition coefficient (Wildman–Crippen LogP) is 0.431. The van der Waals surface area contributed by atoms with Crippen molar-refractivity contribution in [3.63, 3.8) is 0 Å². The van der Waals surface area contributed by atoms with Gasteiger partial charge >= 0.3 is 0 Å². The second-order valence-electron chi connectivity index (χ2n) is 2.39. The fourth-order valence-corrected chi connectivity index (χ4v) is 0.435. The van der Waals surface area contributed by atoms with Crippen molar-refractivity contribution in [2.24, 2.45) is 16.5 Å². The number of hydrogen-bond acceptors (Lipinski definition) is 3. The van der Waals surface area contributed by atoms with Gasteiger partial charge in [-0.2, -0.15) is 0 Å². The van der Waals surface area contributed by atoms with Gasteiger partial charge in [0.05, 0.1) is 11.7 Å². The lowest BCUT2D eigenvalue weighted by molar-refractivity contribution is 0.927. The first-order chi connectivity index (χ1) is 5.07. The zero-order valence-electron chi connectivity index (χ0n) is 6.83. The SMILES string of the molecule is C=C[C@H](N)C(=C)/N=C\C(C)N. The van der Waals surface area contributed by atoms with Gasteiger partial charge in [-0.1, -0.05) is 12.7 Å². The van der Waals surface area contributed by atoms with Crippen LogP contribution in [0.1, 0.15) is 6.92 Å². The van der Waals surface area contributed by atoms with Crippen LogP contribution in [0, 0.1) is 0 Å². The summed E-state index contributed by atoms with van der Waals surface area (Å²) in [6.45, 7) is 9.00. The average molecular weight is 153 g/mol. The summed E-state index contributed by atoms with van der Waals surface area (Å²) >= 11 is 0. The minimum atomic E-state index is -0.273. The Hall–Kier alpha value is -0.930. The van der Waals surface area contributed by atoms with Gasteiger partial charge in [0.25, 0.3) is 0 Å². The summed E-state index contributed by atoms with van der Waals surface area (Å²) in [6, 6.07) is -0.339. The quantitative estimate of drug-likeness (QED) is 0.454. The molecule has 0 aliphatic carbocycles. The van der Waals surface area contributed by atoms with Crippen LogP contribution in [0.3, 0.4) is 0 Å². The van der Waals surface area contributed by atoms with Crippen molar-refractivity contribution in [3.05, 3.63) is 24.9 Å². The van der Waals surface area contributed by atoms with Gasteiger partial charge in [-0.15, -0.1) is 6.58 Å². The molecule has 3 nitrogen and oxygen atoms in total. The van der Waals surface area contributed by atoms with Gasteiger partial charge in [0.1, 0.15) is 0 Å². The molecule has 0 amide bonds. The maximum absolute atomic E-state index is 5.53. The van der Waals surface area contributed by atoms with Crippen LogP contribution in [0.4, 0.5) is 0 Å². The van der Waals surface area contributed by atoms with Gasteiger partial charge in [0.2, 0.25) is 0 Å². The molecule has 0 aliphatic heterocycles. The molecule has 0 spiro atoms. The third-order valence-corrected chi connectivity index (χ3v) is 1.11. The van der Waals surface area contributed by atoms with Crippen molar-refractivity contribution in [2.75, 3.05) is 0 Å². The Morgan fingerprint density at radius 3 is 2.45 bits per heavy atom. The molecule has 0 rings (SSSR count). The highest BCUT2D eigenvalue weighted by Crippen LogP contribution is 1.97. The van der Waals surface area contributed by atoms with Crippen LogP contribution in [0.5, 0.6) is 0 Å². The molecule has 0 aromatic rings. The highest BCUT2D eigenvalue weighted by Gasteiger charge is 1.98. The van der Waals surface area contributed by atoms with Crippen molar-refractivity contribution in [1.82, 2.24) is 0 Å². The molecule has 0 saturated carbocycles. The van der Waals surface area contributed by atoms with Gasteiger partial charge in [-0.3, -0.25) is 4.99 Å². The number of nitrogens with two attached hydrogens (primary N) is 2. The first kappa shape index (κ1) is 10.1. The predicted molar refractivity (Wildman–Crippen MR) is 49.5 cm³/mol. The maximum atomic E-state index is 5.53. The molecule has 0 aliphatic rings. The van der Waals surface area contributed by atoms with Crippen LogP contribution >= 0.6 is 0 Å². The normalized spacial score (nSPS) is 16.3. The molecule has 0 aromatic carbocycles. The standard InChI is InChI=1S/C8H15N3/c1-4-8(10)7(3)11-5-6(2)9/h4-6,8H,1,3,9-10H2,2H3/b11-5-/t6?,8-/m0/s1. The Morgan fingerprint density at radius 2 is 2.09 bits per heavy atom. The fraction of sp³-hybridized carbons (Fsp3) is 0.375. The Labute approximate surface area is 67.5 Å². The first-order valence-electron chi connectivity index (χ1n) is 3.44. The van der Waals surface area contributed by atoms with Gasteiger partial charge in [0, 0.05) is 12.3 Å². The maximum Gasteiger partial charge on any atom is 0.0647 e. The van der Waals surface area contributed by atoms with E-state index in [0.717, 1.165) is 0 Å². The molecular weight excluding hydrogens is 138 g/mol. The summed E-state index contributed by atoms with van der Waals surface area (Å²) in [4.78, 5) is 3.95. The molecule has 62 valence electrons. The molecule has 0 aromatic heterocycles. The summed E-state index contributed by atoms with van der Waals surface area (Å²) in [5.41, 5.74) is 11.5. The zero-order valence-corrected chi connectivity index (χ0v) is 6.83. The summed E-state index contributed by atoms with van der Waals surface area (Å²) in [6.07, 6.45) is 3.19. The van der Waals surface area contributed by atoms with Gasteiger partial charge in [-0.05, 0) is 6.92 Å². The Balaban J connectivity index is 3.96. The molecule has 0 saturated heterocycles. The van der Waals surface area contributed by atoms with E-state index in [1.807, 2.05) is 6.92 Å². The van der Waals surface area contributed by atoms with E-state index in [1.165, 1.54) is 0 Å². The number of rotatable bonds is 4.